The summed E-state index contributed by atoms with van der Waals surface area (Å²) < 4.78 is 8.44. The van der Waals surface area contributed by atoms with Gasteiger partial charge < -0.3 is 8.83 Å². The predicted molar refractivity (Wildman–Crippen MR) is 38.7 cm³/mol. The summed E-state index contributed by atoms with van der Waals surface area (Å²) in [7, 11) is 0. The Bertz CT molecular complexity index is 333. The molecule has 2 N–H and O–H groups in total. The summed E-state index contributed by atoms with van der Waals surface area (Å²) in [4.78, 5) is 24.2. The van der Waals surface area contributed by atoms with Gasteiger partial charge in [-0.1, -0.05) is 0 Å². The van der Waals surface area contributed by atoms with Crippen molar-refractivity contribution in [3.05, 3.63) is 46.0 Å². The van der Waals surface area contributed by atoms with Gasteiger partial charge in [0.15, 0.2) is 0 Å². The zero-order chi connectivity index (χ0) is 8.81. The minimum Gasteiger partial charge on any atom is -0.417 e. The van der Waals surface area contributed by atoms with E-state index >= 15 is 0 Å². The summed E-state index contributed by atoms with van der Waals surface area (Å²) in [5.74, 6) is -0.815. The van der Waals surface area contributed by atoms with Crippen LogP contribution < -0.4 is 11.5 Å². The highest BCUT2D eigenvalue weighted by atomic mass is 16.4. The zero-order valence-corrected chi connectivity index (χ0v) is 5.94. The molecule has 0 spiro atoms. The lowest BCUT2D eigenvalue weighted by molar-refractivity contribution is 0.515. The molecule has 0 aliphatic rings. The Kier molecular flexibility index (Phi) is 2.72. The van der Waals surface area contributed by atoms with Crippen molar-refractivity contribution >= 4 is 0 Å². The fraction of sp³-hybridized carbons (Fsp3) is 0. The summed E-state index contributed by atoms with van der Waals surface area (Å²) in [6.45, 7) is 0. The molecule has 0 unspecified atom stereocenters. The number of oxazole rings is 2. The number of rotatable bonds is 0. The smallest absolute Gasteiger partial charge is 0.416 e. The van der Waals surface area contributed by atoms with Crippen LogP contribution in [0, 0.1) is 0 Å². The first kappa shape index (κ1) is 8.12. The molecule has 64 valence electrons. The van der Waals surface area contributed by atoms with E-state index in [1.54, 1.807) is 0 Å². The fourth-order valence-electron chi connectivity index (χ4n) is 0.464. The van der Waals surface area contributed by atoms with Crippen molar-refractivity contribution in [3.63, 3.8) is 0 Å². The van der Waals surface area contributed by atoms with Gasteiger partial charge in [0.25, 0.3) is 0 Å². The Hall–Kier alpha value is -1.98. The first-order valence-corrected chi connectivity index (χ1v) is 3.03. The molecular weight excluding hydrogens is 164 g/mol. The first-order chi connectivity index (χ1) is 5.79. The van der Waals surface area contributed by atoms with Crippen molar-refractivity contribution in [2.24, 2.45) is 0 Å². The van der Waals surface area contributed by atoms with Crippen molar-refractivity contribution in [2.45, 2.75) is 0 Å². The van der Waals surface area contributed by atoms with Gasteiger partial charge in [0.05, 0.1) is 0 Å². The molecule has 2 heterocycles. The SMILES string of the molecule is O=c1[nH]cco1.O=c1[nH]cco1. The van der Waals surface area contributed by atoms with Crippen LogP contribution in [0.4, 0.5) is 0 Å². The summed E-state index contributed by atoms with van der Waals surface area (Å²) in [5, 5.41) is 0. The minimum atomic E-state index is -0.407. The van der Waals surface area contributed by atoms with Crippen LogP contribution in [0.2, 0.25) is 0 Å². The molecule has 0 fully saturated rings. The van der Waals surface area contributed by atoms with Gasteiger partial charge in [-0.3, -0.25) is 9.97 Å². The maximum absolute atomic E-state index is 9.85. The van der Waals surface area contributed by atoms with Gasteiger partial charge in [-0.05, 0) is 0 Å². The quantitative estimate of drug-likeness (QED) is 0.579. The molecule has 0 saturated heterocycles. The van der Waals surface area contributed by atoms with Gasteiger partial charge in [-0.2, -0.15) is 0 Å². The van der Waals surface area contributed by atoms with Gasteiger partial charge in [-0.15, -0.1) is 0 Å². The van der Waals surface area contributed by atoms with Gasteiger partial charge in [0.1, 0.15) is 12.5 Å². The molecule has 12 heavy (non-hydrogen) atoms. The number of aromatic amines is 2. The summed E-state index contributed by atoms with van der Waals surface area (Å²) in [6, 6.07) is 0. The second-order valence-electron chi connectivity index (χ2n) is 1.70. The third-order valence-corrected chi connectivity index (χ3v) is 0.889. The van der Waals surface area contributed by atoms with Crippen LogP contribution in [0.15, 0.2) is 43.3 Å². The molecule has 2 aromatic rings. The normalized spacial score (nSPS) is 8.67. The van der Waals surface area contributed by atoms with E-state index in [1.807, 2.05) is 0 Å². The van der Waals surface area contributed by atoms with E-state index in [1.165, 1.54) is 24.9 Å². The van der Waals surface area contributed by atoms with Gasteiger partial charge >= 0.3 is 11.5 Å². The molecule has 6 heteroatoms. The number of hydrogen-bond donors (Lipinski definition) is 2. The predicted octanol–water partition coefficient (Wildman–Crippen LogP) is -0.0642. The highest BCUT2D eigenvalue weighted by molar-refractivity contribution is 4.59. The third kappa shape index (κ3) is 2.74. The van der Waals surface area contributed by atoms with Gasteiger partial charge in [-0.25, -0.2) is 9.59 Å². The first-order valence-electron chi connectivity index (χ1n) is 3.03. The average Bonchev–Trinajstić information content (AvgIpc) is 2.63. The summed E-state index contributed by atoms with van der Waals surface area (Å²) in [6.07, 6.45) is 5.45. The lowest BCUT2D eigenvalue weighted by atomic mass is 11.0. The average molecular weight is 170 g/mol. The van der Waals surface area contributed by atoms with Crippen LogP contribution in [-0.4, -0.2) is 9.97 Å². The van der Waals surface area contributed by atoms with Crippen LogP contribution in [0.1, 0.15) is 0 Å². The van der Waals surface area contributed by atoms with E-state index in [4.69, 9.17) is 0 Å². The Morgan fingerprint density at radius 1 is 0.917 bits per heavy atom. The molecule has 0 saturated carbocycles. The van der Waals surface area contributed by atoms with Crippen molar-refractivity contribution in [1.29, 1.82) is 0 Å². The minimum absolute atomic E-state index is 0.407. The number of hydrogen-bond acceptors (Lipinski definition) is 4. The van der Waals surface area contributed by atoms with Gasteiger partial charge in [0, 0.05) is 12.4 Å². The van der Waals surface area contributed by atoms with E-state index in [-0.39, 0.29) is 0 Å². The number of aromatic nitrogens is 2. The largest absolute Gasteiger partial charge is 0.417 e. The molecular formula is C6H6N2O4. The summed E-state index contributed by atoms with van der Waals surface area (Å²) >= 11 is 0. The molecule has 2 aromatic heterocycles. The second kappa shape index (κ2) is 4.02. The van der Waals surface area contributed by atoms with Crippen molar-refractivity contribution in [3.8, 4) is 0 Å². The van der Waals surface area contributed by atoms with Crippen LogP contribution in [0.25, 0.3) is 0 Å². The fourth-order valence-corrected chi connectivity index (χ4v) is 0.464. The maximum Gasteiger partial charge on any atom is 0.416 e. The van der Waals surface area contributed by atoms with Gasteiger partial charge in [0.2, 0.25) is 0 Å². The Balaban J connectivity index is 0.000000120. The Morgan fingerprint density at radius 3 is 1.42 bits per heavy atom. The number of H-pyrrole nitrogens is 2. The standard InChI is InChI=1S/2C3H3NO2/c2*5-3-4-1-2-6-3/h2*1-2H,(H,4,5). The van der Waals surface area contributed by atoms with Crippen molar-refractivity contribution in [2.75, 3.05) is 0 Å². The molecule has 0 bridgehead atoms. The van der Waals surface area contributed by atoms with Crippen molar-refractivity contribution < 1.29 is 8.83 Å². The monoisotopic (exact) mass is 170 g/mol. The van der Waals surface area contributed by atoms with Crippen LogP contribution >= 0.6 is 0 Å². The second-order valence-corrected chi connectivity index (χ2v) is 1.70. The van der Waals surface area contributed by atoms with E-state index < -0.39 is 11.5 Å². The maximum atomic E-state index is 9.85. The lowest BCUT2D eigenvalue weighted by Gasteiger charge is -1.51. The lowest BCUT2D eigenvalue weighted by Crippen LogP contribution is -1.91. The molecule has 6 nitrogen and oxygen atoms in total. The molecule has 0 atom stereocenters. The molecule has 0 amide bonds. The van der Waals surface area contributed by atoms with Crippen molar-refractivity contribution in [1.82, 2.24) is 9.97 Å². The van der Waals surface area contributed by atoms with Crippen LogP contribution in [0.5, 0.6) is 0 Å². The topological polar surface area (TPSA) is 92.0 Å². The Labute approximate surface area is 65.8 Å². The third-order valence-electron chi connectivity index (χ3n) is 0.889. The molecule has 2 rings (SSSR count). The van der Waals surface area contributed by atoms with Crippen LogP contribution in [0.3, 0.4) is 0 Å². The highest BCUT2D eigenvalue weighted by Gasteiger charge is 1.73. The zero-order valence-electron chi connectivity index (χ0n) is 5.94. The van der Waals surface area contributed by atoms with E-state index in [0.29, 0.717) is 0 Å². The van der Waals surface area contributed by atoms with E-state index in [9.17, 15) is 9.59 Å². The molecule has 0 radical (unpaired) electrons. The molecule has 0 aliphatic carbocycles. The molecule has 0 aromatic carbocycles. The molecule has 0 aliphatic heterocycles. The Morgan fingerprint density at radius 2 is 1.33 bits per heavy atom. The summed E-state index contributed by atoms with van der Waals surface area (Å²) in [5.41, 5.74) is 0. The van der Waals surface area contributed by atoms with Crippen LogP contribution in [-0.2, 0) is 0 Å². The van der Waals surface area contributed by atoms with E-state index in [0.717, 1.165) is 0 Å². The highest BCUT2D eigenvalue weighted by Crippen LogP contribution is 1.63. The number of nitrogens with one attached hydrogen (secondary N) is 2. The van der Waals surface area contributed by atoms with E-state index in [2.05, 4.69) is 18.8 Å².